The Balaban J connectivity index is 1.98. The second kappa shape index (κ2) is 5.85. The molecule has 1 aromatic carbocycles. The first-order valence-corrected chi connectivity index (χ1v) is 7.81. The summed E-state index contributed by atoms with van der Waals surface area (Å²) in [5.74, 6) is 1.99. The average Bonchev–Trinajstić information content (AvgIpc) is 3.12. The second-order valence-electron chi connectivity index (χ2n) is 4.81. The van der Waals surface area contributed by atoms with Crippen LogP contribution in [0.3, 0.4) is 0 Å². The smallest absolute Gasteiger partial charge is 0.134 e. The van der Waals surface area contributed by atoms with Gasteiger partial charge in [-0.1, -0.05) is 19.1 Å². The van der Waals surface area contributed by atoms with E-state index in [1.807, 2.05) is 6.07 Å². The lowest BCUT2D eigenvalue weighted by molar-refractivity contribution is 0.357. The van der Waals surface area contributed by atoms with Crippen molar-refractivity contribution in [1.82, 2.24) is 5.32 Å². The van der Waals surface area contributed by atoms with Crippen LogP contribution in [0.4, 0.5) is 0 Å². The summed E-state index contributed by atoms with van der Waals surface area (Å²) in [6, 6.07) is 8.70. The van der Waals surface area contributed by atoms with Crippen LogP contribution in [0, 0.1) is 0 Å². The number of thiophene rings is 1. The third kappa shape index (κ3) is 2.41. The van der Waals surface area contributed by atoms with E-state index < -0.39 is 0 Å². The van der Waals surface area contributed by atoms with Crippen LogP contribution in [0.25, 0.3) is 0 Å². The number of methoxy groups -OCH3 is 1. The molecule has 3 rings (SSSR count). The number of nitrogens with one attached hydrogen (secondary N) is 1. The number of hydrogen-bond acceptors (Lipinski definition) is 4. The second-order valence-corrected chi connectivity index (χ2v) is 5.76. The first-order valence-electron chi connectivity index (χ1n) is 6.94. The molecule has 4 heteroatoms. The van der Waals surface area contributed by atoms with Crippen LogP contribution in [0.15, 0.2) is 29.6 Å². The molecule has 106 valence electrons. The van der Waals surface area contributed by atoms with E-state index in [1.54, 1.807) is 18.4 Å². The molecule has 0 aliphatic carbocycles. The van der Waals surface area contributed by atoms with Crippen molar-refractivity contribution < 1.29 is 9.47 Å². The van der Waals surface area contributed by atoms with Crippen LogP contribution < -0.4 is 14.8 Å². The van der Waals surface area contributed by atoms with Gasteiger partial charge in [0.25, 0.3) is 0 Å². The third-order valence-electron chi connectivity index (χ3n) is 3.59. The standard InChI is InChI=1S/C16H19NO2S/c1-3-17-15(16-14(18-2)7-9-20-16)12-4-5-13-11(10-12)6-8-19-13/h4-5,7,9-10,15,17H,3,6,8H2,1-2H3. The molecule has 0 saturated heterocycles. The minimum atomic E-state index is 0.181. The Bertz CT molecular complexity index is 594. The Hall–Kier alpha value is -1.52. The highest BCUT2D eigenvalue weighted by atomic mass is 32.1. The molecular weight excluding hydrogens is 270 g/mol. The molecule has 1 aliphatic heterocycles. The largest absolute Gasteiger partial charge is 0.496 e. The zero-order valence-corrected chi connectivity index (χ0v) is 12.6. The van der Waals surface area contributed by atoms with E-state index in [2.05, 4.69) is 35.8 Å². The van der Waals surface area contributed by atoms with Crippen molar-refractivity contribution in [3.8, 4) is 11.5 Å². The van der Waals surface area contributed by atoms with Gasteiger partial charge in [0.1, 0.15) is 11.5 Å². The lowest BCUT2D eigenvalue weighted by atomic mass is 10.0. The minimum Gasteiger partial charge on any atom is -0.496 e. The Morgan fingerprint density at radius 3 is 3.10 bits per heavy atom. The van der Waals surface area contributed by atoms with Crippen LogP contribution >= 0.6 is 11.3 Å². The predicted octanol–water partition coefficient (Wildman–Crippen LogP) is 3.39. The summed E-state index contributed by atoms with van der Waals surface area (Å²) >= 11 is 1.73. The quantitative estimate of drug-likeness (QED) is 0.915. The molecule has 0 saturated carbocycles. The Morgan fingerprint density at radius 2 is 2.30 bits per heavy atom. The van der Waals surface area contributed by atoms with Gasteiger partial charge in [0.2, 0.25) is 0 Å². The first kappa shape index (κ1) is 13.5. The molecule has 0 bridgehead atoms. The summed E-state index contributed by atoms with van der Waals surface area (Å²) in [4.78, 5) is 1.23. The van der Waals surface area contributed by atoms with E-state index in [4.69, 9.17) is 9.47 Å². The molecule has 0 fully saturated rings. The number of benzene rings is 1. The summed E-state index contributed by atoms with van der Waals surface area (Å²) in [6.45, 7) is 3.84. The highest BCUT2D eigenvalue weighted by Crippen LogP contribution is 2.37. The third-order valence-corrected chi connectivity index (χ3v) is 4.56. The molecule has 3 nitrogen and oxygen atoms in total. The topological polar surface area (TPSA) is 30.5 Å². The minimum absolute atomic E-state index is 0.181. The van der Waals surface area contributed by atoms with E-state index in [0.29, 0.717) is 0 Å². The average molecular weight is 289 g/mol. The Kier molecular flexibility index (Phi) is 3.94. The van der Waals surface area contributed by atoms with Crippen LogP contribution in [0.1, 0.15) is 29.0 Å². The van der Waals surface area contributed by atoms with Crippen LogP contribution in [0.5, 0.6) is 11.5 Å². The molecule has 1 unspecified atom stereocenters. The number of fused-ring (bicyclic) bond motifs is 1. The summed E-state index contributed by atoms with van der Waals surface area (Å²) in [7, 11) is 1.73. The van der Waals surface area contributed by atoms with Gasteiger partial charge in [-0.3, -0.25) is 0 Å². The van der Waals surface area contributed by atoms with Crippen molar-refractivity contribution in [2.75, 3.05) is 20.3 Å². The summed E-state index contributed by atoms with van der Waals surface area (Å²) < 4.78 is 11.1. The molecule has 1 N–H and O–H groups in total. The van der Waals surface area contributed by atoms with E-state index in [1.165, 1.54) is 16.0 Å². The molecule has 0 spiro atoms. The van der Waals surface area contributed by atoms with Gasteiger partial charge in [-0.05, 0) is 35.2 Å². The predicted molar refractivity (Wildman–Crippen MR) is 82.0 cm³/mol. The molecule has 1 aromatic heterocycles. The summed E-state index contributed by atoms with van der Waals surface area (Å²) in [6.07, 6.45) is 1.00. The number of ether oxygens (including phenoxy) is 2. The maximum atomic E-state index is 5.59. The highest BCUT2D eigenvalue weighted by molar-refractivity contribution is 7.10. The molecule has 0 amide bonds. The van der Waals surface area contributed by atoms with Crippen molar-refractivity contribution in [3.63, 3.8) is 0 Å². The lowest BCUT2D eigenvalue weighted by Gasteiger charge is -2.19. The van der Waals surface area contributed by atoms with Crippen molar-refractivity contribution in [3.05, 3.63) is 45.6 Å². The van der Waals surface area contributed by atoms with Gasteiger partial charge < -0.3 is 14.8 Å². The molecule has 2 heterocycles. The van der Waals surface area contributed by atoms with E-state index in [9.17, 15) is 0 Å². The zero-order chi connectivity index (χ0) is 13.9. The monoisotopic (exact) mass is 289 g/mol. The SMILES string of the molecule is CCNC(c1ccc2c(c1)CCO2)c1sccc1OC. The maximum Gasteiger partial charge on any atom is 0.134 e. The fourth-order valence-electron chi connectivity index (χ4n) is 2.64. The molecule has 1 atom stereocenters. The molecule has 20 heavy (non-hydrogen) atoms. The van der Waals surface area contributed by atoms with Gasteiger partial charge >= 0.3 is 0 Å². The van der Waals surface area contributed by atoms with Gasteiger partial charge in [0.05, 0.1) is 24.6 Å². The van der Waals surface area contributed by atoms with Gasteiger partial charge in [-0.2, -0.15) is 0 Å². The van der Waals surface area contributed by atoms with Gasteiger partial charge in [0, 0.05) is 6.42 Å². The maximum absolute atomic E-state index is 5.59. The van der Waals surface area contributed by atoms with Gasteiger partial charge in [-0.25, -0.2) is 0 Å². The molecular formula is C16H19NO2S. The lowest BCUT2D eigenvalue weighted by Crippen LogP contribution is -2.21. The zero-order valence-electron chi connectivity index (χ0n) is 11.8. The van der Waals surface area contributed by atoms with Crippen LogP contribution in [0.2, 0.25) is 0 Å². The normalized spacial score (nSPS) is 14.7. The number of hydrogen-bond donors (Lipinski definition) is 1. The fraction of sp³-hybridized carbons (Fsp3) is 0.375. The summed E-state index contributed by atoms with van der Waals surface area (Å²) in [5.41, 5.74) is 2.58. The molecule has 2 aromatic rings. The number of rotatable bonds is 5. The molecule has 0 radical (unpaired) electrons. The van der Waals surface area contributed by atoms with E-state index >= 15 is 0 Å². The highest BCUT2D eigenvalue weighted by Gasteiger charge is 2.21. The van der Waals surface area contributed by atoms with Crippen molar-refractivity contribution >= 4 is 11.3 Å². The van der Waals surface area contributed by atoms with Crippen molar-refractivity contribution in [1.29, 1.82) is 0 Å². The summed E-state index contributed by atoms with van der Waals surface area (Å²) in [5, 5.41) is 5.64. The van der Waals surface area contributed by atoms with E-state index in [0.717, 1.165) is 31.1 Å². The first-order chi connectivity index (χ1) is 9.83. The van der Waals surface area contributed by atoms with Crippen molar-refractivity contribution in [2.45, 2.75) is 19.4 Å². The van der Waals surface area contributed by atoms with Gasteiger partial charge in [0.15, 0.2) is 0 Å². The van der Waals surface area contributed by atoms with E-state index in [-0.39, 0.29) is 6.04 Å². The molecule has 1 aliphatic rings. The Labute approximate surface area is 123 Å². The van der Waals surface area contributed by atoms with Crippen LogP contribution in [-0.4, -0.2) is 20.3 Å². The van der Waals surface area contributed by atoms with Crippen molar-refractivity contribution in [2.24, 2.45) is 0 Å². The fourth-order valence-corrected chi connectivity index (χ4v) is 3.60. The van der Waals surface area contributed by atoms with Crippen LogP contribution in [-0.2, 0) is 6.42 Å². The van der Waals surface area contributed by atoms with Gasteiger partial charge in [-0.15, -0.1) is 11.3 Å². The Morgan fingerprint density at radius 1 is 1.40 bits per heavy atom.